The molecule has 3 heteroatoms. The van der Waals surface area contributed by atoms with Gasteiger partial charge in [-0.1, -0.05) is 29.8 Å². The van der Waals surface area contributed by atoms with E-state index in [0.29, 0.717) is 5.89 Å². The minimum Gasteiger partial charge on any atom is -0.441 e. The number of aryl methyl sites for hydroxylation is 2. The number of nitrogens with zero attached hydrogens (tertiary/aromatic N) is 1. The molecular formula is C17H18N2O. The molecule has 0 aliphatic rings. The molecule has 1 unspecified atom stereocenters. The molecule has 3 aromatic rings. The number of nitrogens with one attached hydrogen (secondary N) is 1. The molecule has 0 aliphatic carbocycles. The van der Waals surface area contributed by atoms with Gasteiger partial charge in [-0.2, -0.15) is 0 Å². The number of hydrogen-bond acceptors (Lipinski definition) is 3. The maximum atomic E-state index is 5.49. The van der Waals surface area contributed by atoms with Crippen LogP contribution in [0, 0.1) is 13.8 Å². The van der Waals surface area contributed by atoms with Crippen LogP contribution in [0.3, 0.4) is 0 Å². The second kappa shape index (κ2) is 5.00. The van der Waals surface area contributed by atoms with Crippen molar-refractivity contribution in [1.29, 1.82) is 0 Å². The quantitative estimate of drug-likeness (QED) is 0.751. The first-order chi connectivity index (χ1) is 9.61. The van der Waals surface area contributed by atoms with Crippen LogP contribution in [0.5, 0.6) is 0 Å². The third kappa shape index (κ3) is 2.52. The summed E-state index contributed by atoms with van der Waals surface area (Å²) in [5.41, 5.74) is 5.33. The lowest BCUT2D eigenvalue weighted by molar-refractivity contribution is 0.561. The van der Waals surface area contributed by atoms with Gasteiger partial charge >= 0.3 is 0 Å². The summed E-state index contributed by atoms with van der Waals surface area (Å²) in [6, 6.07) is 14.8. The van der Waals surface area contributed by atoms with Crippen molar-refractivity contribution >= 4 is 16.8 Å². The third-order valence-electron chi connectivity index (χ3n) is 3.42. The Kier molecular flexibility index (Phi) is 3.18. The summed E-state index contributed by atoms with van der Waals surface area (Å²) >= 11 is 0. The molecule has 3 rings (SSSR count). The number of fused-ring (bicyclic) bond motifs is 1. The van der Waals surface area contributed by atoms with Crippen molar-refractivity contribution in [2.24, 2.45) is 0 Å². The first-order valence-electron chi connectivity index (χ1n) is 6.82. The number of anilines is 1. The fraction of sp³-hybridized carbons (Fsp3) is 0.235. The second-order valence-corrected chi connectivity index (χ2v) is 5.20. The smallest absolute Gasteiger partial charge is 0.192 e. The Morgan fingerprint density at radius 2 is 1.95 bits per heavy atom. The lowest BCUT2D eigenvalue weighted by Gasteiger charge is -2.16. The summed E-state index contributed by atoms with van der Waals surface area (Å²) in [5.74, 6) is 0.698. The van der Waals surface area contributed by atoms with Gasteiger partial charge in [0.1, 0.15) is 5.52 Å². The zero-order valence-electron chi connectivity index (χ0n) is 12.0. The Morgan fingerprint density at radius 3 is 2.75 bits per heavy atom. The summed E-state index contributed by atoms with van der Waals surface area (Å²) in [6.07, 6.45) is 0. The van der Waals surface area contributed by atoms with Crippen LogP contribution in [0.2, 0.25) is 0 Å². The zero-order valence-corrected chi connectivity index (χ0v) is 12.0. The van der Waals surface area contributed by atoms with Crippen LogP contribution in [0.4, 0.5) is 5.69 Å². The van der Waals surface area contributed by atoms with Gasteiger partial charge in [-0.05, 0) is 37.6 Å². The minimum absolute atomic E-state index is 0.250. The largest absolute Gasteiger partial charge is 0.441 e. The third-order valence-corrected chi connectivity index (χ3v) is 3.42. The van der Waals surface area contributed by atoms with Gasteiger partial charge in [0.25, 0.3) is 0 Å². The van der Waals surface area contributed by atoms with Crippen molar-refractivity contribution in [3.8, 4) is 0 Å². The lowest BCUT2D eigenvalue weighted by Crippen LogP contribution is -2.06. The van der Waals surface area contributed by atoms with Gasteiger partial charge in [-0.3, -0.25) is 0 Å². The van der Waals surface area contributed by atoms with E-state index >= 15 is 0 Å². The molecule has 20 heavy (non-hydrogen) atoms. The van der Waals surface area contributed by atoms with Crippen molar-refractivity contribution < 1.29 is 4.42 Å². The van der Waals surface area contributed by atoms with Crippen LogP contribution in [0.15, 0.2) is 46.9 Å². The van der Waals surface area contributed by atoms with E-state index in [1.165, 1.54) is 11.1 Å². The molecule has 3 nitrogen and oxygen atoms in total. The van der Waals surface area contributed by atoms with Crippen molar-refractivity contribution in [1.82, 2.24) is 4.98 Å². The van der Waals surface area contributed by atoms with Gasteiger partial charge in [-0.25, -0.2) is 4.98 Å². The SMILES string of the molecule is Cc1cccc(C(C)Nc2ccc3oc(C)nc3c2)c1. The van der Waals surface area contributed by atoms with Crippen molar-refractivity contribution in [2.75, 3.05) is 5.32 Å². The van der Waals surface area contributed by atoms with Crippen LogP contribution in [-0.4, -0.2) is 4.98 Å². The average Bonchev–Trinajstić information content (AvgIpc) is 2.78. The topological polar surface area (TPSA) is 38.1 Å². The number of hydrogen-bond donors (Lipinski definition) is 1. The normalized spacial score (nSPS) is 12.6. The van der Waals surface area contributed by atoms with Crippen LogP contribution in [0.1, 0.15) is 30.0 Å². The Morgan fingerprint density at radius 1 is 1.10 bits per heavy atom. The van der Waals surface area contributed by atoms with E-state index in [-0.39, 0.29) is 6.04 Å². The number of benzene rings is 2. The van der Waals surface area contributed by atoms with E-state index in [9.17, 15) is 0 Å². The molecule has 0 radical (unpaired) electrons. The van der Waals surface area contributed by atoms with Crippen molar-refractivity contribution in [3.05, 3.63) is 59.5 Å². The van der Waals surface area contributed by atoms with E-state index in [2.05, 4.69) is 48.4 Å². The zero-order chi connectivity index (χ0) is 14.1. The predicted octanol–water partition coefficient (Wildman–Crippen LogP) is 4.62. The maximum absolute atomic E-state index is 5.49. The average molecular weight is 266 g/mol. The summed E-state index contributed by atoms with van der Waals surface area (Å²) in [7, 11) is 0. The van der Waals surface area contributed by atoms with Gasteiger partial charge < -0.3 is 9.73 Å². The monoisotopic (exact) mass is 266 g/mol. The van der Waals surface area contributed by atoms with Crippen LogP contribution in [-0.2, 0) is 0 Å². The molecule has 0 fully saturated rings. The van der Waals surface area contributed by atoms with Gasteiger partial charge in [-0.15, -0.1) is 0 Å². The molecule has 1 N–H and O–H groups in total. The van der Waals surface area contributed by atoms with Crippen molar-refractivity contribution in [2.45, 2.75) is 26.8 Å². The Bertz CT molecular complexity index is 746. The molecule has 102 valence electrons. The summed E-state index contributed by atoms with van der Waals surface area (Å²) < 4.78 is 5.49. The first kappa shape index (κ1) is 12.7. The van der Waals surface area contributed by atoms with Crippen LogP contribution in [0.25, 0.3) is 11.1 Å². The van der Waals surface area contributed by atoms with E-state index in [0.717, 1.165) is 16.8 Å². The number of oxazole rings is 1. The van der Waals surface area contributed by atoms with Gasteiger partial charge in [0.15, 0.2) is 11.5 Å². The van der Waals surface area contributed by atoms with E-state index in [1.807, 2.05) is 25.1 Å². The highest BCUT2D eigenvalue weighted by Gasteiger charge is 2.07. The molecule has 0 saturated carbocycles. The molecular weight excluding hydrogens is 248 g/mol. The van der Waals surface area contributed by atoms with E-state index in [4.69, 9.17) is 4.42 Å². The van der Waals surface area contributed by atoms with Gasteiger partial charge in [0.05, 0.1) is 0 Å². The van der Waals surface area contributed by atoms with Crippen LogP contribution < -0.4 is 5.32 Å². The summed E-state index contributed by atoms with van der Waals surface area (Å²) in [4.78, 5) is 4.36. The molecule has 1 atom stereocenters. The highest BCUT2D eigenvalue weighted by molar-refractivity contribution is 5.77. The maximum Gasteiger partial charge on any atom is 0.192 e. The Hall–Kier alpha value is -2.29. The highest BCUT2D eigenvalue weighted by atomic mass is 16.3. The van der Waals surface area contributed by atoms with E-state index in [1.54, 1.807) is 0 Å². The van der Waals surface area contributed by atoms with E-state index < -0.39 is 0 Å². The summed E-state index contributed by atoms with van der Waals surface area (Å²) in [6.45, 7) is 6.13. The second-order valence-electron chi connectivity index (χ2n) is 5.20. The first-order valence-corrected chi connectivity index (χ1v) is 6.82. The van der Waals surface area contributed by atoms with Crippen molar-refractivity contribution in [3.63, 3.8) is 0 Å². The number of rotatable bonds is 3. The number of aromatic nitrogens is 1. The molecule has 0 amide bonds. The molecule has 1 aromatic heterocycles. The molecule has 0 bridgehead atoms. The van der Waals surface area contributed by atoms with Gasteiger partial charge in [0.2, 0.25) is 0 Å². The summed E-state index contributed by atoms with van der Waals surface area (Å²) in [5, 5.41) is 3.51. The van der Waals surface area contributed by atoms with Gasteiger partial charge in [0, 0.05) is 18.7 Å². The molecule has 2 aromatic carbocycles. The Balaban J connectivity index is 1.85. The molecule has 0 saturated heterocycles. The minimum atomic E-state index is 0.250. The highest BCUT2D eigenvalue weighted by Crippen LogP contribution is 2.24. The standard InChI is InChI=1S/C17H18N2O/c1-11-5-4-6-14(9-11)12(2)18-15-7-8-17-16(10-15)19-13(3)20-17/h4-10,12,18H,1-3H3. The molecule has 0 spiro atoms. The fourth-order valence-electron chi connectivity index (χ4n) is 2.41. The molecule has 0 aliphatic heterocycles. The Labute approximate surface area is 118 Å². The predicted molar refractivity (Wildman–Crippen MR) is 82.0 cm³/mol. The fourth-order valence-corrected chi connectivity index (χ4v) is 2.41. The lowest BCUT2D eigenvalue weighted by atomic mass is 10.1. The van der Waals surface area contributed by atoms with Crippen LogP contribution >= 0.6 is 0 Å². The molecule has 1 heterocycles.